The molecule has 2 unspecified atom stereocenters. The van der Waals surface area contributed by atoms with Gasteiger partial charge in [-0.25, -0.2) is 4.68 Å². The van der Waals surface area contributed by atoms with Gasteiger partial charge in [-0.15, -0.1) is 0 Å². The van der Waals surface area contributed by atoms with Crippen LogP contribution in [0.25, 0.3) is 10.8 Å². The van der Waals surface area contributed by atoms with Crippen LogP contribution in [0.2, 0.25) is 0 Å². The van der Waals surface area contributed by atoms with E-state index in [1.54, 1.807) is 18.3 Å². The number of piperazine rings is 1. The predicted molar refractivity (Wildman–Crippen MR) is 166 cm³/mol. The second-order valence-electron chi connectivity index (χ2n) is 12.8. The van der Waals surface area contributed by atoms with Gasteiger partial charge >= 0.3 is 0 Å². The maximum absolute atomic E-state index is 13.4. The standard InChI is InChI=1S/C32H37N7O5/c40-29-8-7-28(30(41)34-29)38-31(42)27-19-25(2-1-22(27)21-33-38)35-13-11-32(12-14-35)10-9-26(20-32)37-17-15-36(16-18-37)23-3-5-24(6-4-23)39(43)44/h1-6,19,21,26,28H,7-18,20H2,(H,34,40,41). The van der Waals surface area contributed by atoms with Crippen molar-refractivity contribution in [3.05, 3.63) is 69.1 Å². The van der Waals surface area contributed by atoms with Gasteiger partial charge < -0.3 is 9.80 Å². The second-order valence-corrected chi connectivity index (χ2v) is 12.8. The van der Waals surface area contributed by atoms with Crippen molar-refractivity contribution in [2.75, 3.05) is 49.1 Å². The molecule has 44 heavy (non-hydrogen) atoms. The third-order valence-corrected chi connectivity index (χ3v) is 10.4. The molecule has 4 heterocycles. The first-order valence-corrected chi connectivity index (χ1v) is 15.6. The highest BCUT2D eigenvalue weighted by Gasteiger charge is 2.43. The van der Waals surface area contributed by atoms with Gasteiger partial charge in [0.15, 0.2) is 0 Å². The van der Waals surface area contributed by atoms with Crippen LogP contribution in [-0.2, 0) is 9.59 Å². The molecule has 3 aromatic rings. The highest BCUT2D eigenvalue weighted by atomic mass is 16.6. The number of hydrogen-bond donors (Lipinski definition) is 1. The molecule has 7 rings (SSSR count). The third-order valence-electron chi connectivity index (χ3n) is 10.4. The van der Waals surface area contributed by atoms with E-state index in [2.05, 4.69) is 31.2 Å². The normalized spacial score (nSPS) is 24.2. The third kappa shape index (κ3) is 5.31. The molecule has 1 aromatic heterocycles. The first-order valence-electron chi connectivity index (χ1n) is 15.6. The zero-order chi connectivity index (χ0) is 30.4. The molecule has 12 nitrogen and oxygen atoms in total. The van der Waals surface area contributed by atoms with Gasteiger partial charge in [-0.05, 0) is 68.2 Å². The smallest absolute Gasteiger partial charge is 0.275 e. The molecule has 0 bridgehead atoms. The number of rotatable bonds is 5. The molecular weight excluding hydrogens is 562 g/mol. The molecule has 12 heteroatoms. The van der Waals surface area contributed by atoms with E-state index in [0.29, 0.717) is 16.8 Å². The fourth-order valence-electron chi connectivity index (χ4n) is 7.79. The summed E-state index contributed by atoms with van der Waals surface area (Å²) in [4.78, 5) is 55.3. The van der Waals surface area contributed by atoms with E-state index in [0.717, 1.165) is 68.9 Å². The first-order chi connectivity index (χ1) is 21.3. The lowest BCUT2D eigenvalue weighted by atomic mass is 9.76. The number of nitro benzene ring substituents is 1. The second kappa shape index (κ2) is 11.3. The summed E-state index contributed by atoms with van der Waals surface area (Å²) in [6.45, 7) is 5.76. The Kier molecular flexibility index (Phi) is 7.31. The molecule has 3 saturated heterocycles. The fraction of sp³-hybridized carbons (Fsp3) is 0.500. The topological polar surface area (TPSA) is 134 Å². The van der Waals surface area contributed by atoms with E-state index >= 15 is 0 Å². The average molecular weight is 600 g/mol. The van der Waals surface area contributed by atoms with Gasteiger partial charge in [0.1, 0.15) is 6.04 Å². The maximum atomic E-state index is 13.4. The summed E-state index contributed by atoms with van der Waals surface area (Å²) < 4.78 is 1.23. The first kappa shape index (κ1) is 28.5. The van der Waals surface area contributed by atoms with Crippen LogP contribution >= 0.6 is 0 Å². The van der Waals surface area contributed by atoms with Crippen molar-refractivity contribution < 1.29 is 14.5 Å². The molecule has 1 N–H and O–H groups in total. The Hall–Kier alpha value is -4.32. The quantitative estimate of drug-likeness (QED) is 0.267. The number of amides is 2. The minimum Gasteiger partial charge on any atom is -0.371 e. The zero-order valence-corrected chi connectivity index (χ0v) is 24.7. The Morgan fingerprint density at radius 1 is 0.864 bits per heavy atom. The molecule has 3 aliphatic heterocycles. The van der Waals surface area contributed by atoms with Crippen molar-refractivity contribution >= 4 is 39.6 Å². The lowest BCUT2D eigenvalue weighted by Crippen LogP contribution is -2.50. The molecule has 1 spiro atoms. The van der Waals surface area contributed by atoms with Gasteiger partial charge in [-0.1, -0.05) is 6.07 Å². The molecule has 1 saturated carbocycles. The van der Waals surface area contributed by atoms with Crippen LogP contribution in [0.5, 0.6) is 0 Å². The van der Waals surface area contributed by atoms with Crippen LogP contribution in [0.1, 0.15) is 51.0 Å². The number of fused-ring (bicyclic) bond motifs is 1. The van der Waals surface area contributed by atoms with Crippen molar-refractivity contribution in [1.29, 1.82) is 0 Å². The van der Waals surface area contributed by atoms with E-state index in [4.69, 9.17) is 0 Å². The Balaban J connectivity index is 0.966. The van der Waals surface area contributed by atoms with Crippen molar-refractivity contribution in [3.8, 4) is 0 Å². The molecule has 0 radical (unpaired) electrons. The molecular formula is C32H37N7O5. The van der Waals surface area contributed by atoms with Gasteiger partial charge in [-0.3, -0.25) is 34.7 Å². The van der Waals surface area contributed by atoms with Gasteiger partial charge in [0, 0.05) is 80.6 Å². The Morgan fingerprint density at radius 3 is 2.27 bits per heavy atom. The van der Waals surface area contributed by atoms with E-state index in [1.807, 2.05) is 24.3 Å². The van der Waals surface area contributed by atoms with Crippen LogP contribution in [0.4, 0.5) is 17.1 Å². The van der Waals surface area contributed by atoms with E-state index in [1.165, 1.54) is 23.9 Å². The summed E-state index contributed by atoms with van der Waals surface area (Å²) in [5.74, 6) is -0.796. The Labute approximate surface area is 254 Å². The molecule has 2 atom stereocenters. The number of carbonyl (C=O) groups is 2. The van der Waals surface area contributed by atoms with Gasteiger partial charge in [0.05, 0.1) is 16.5 Å². The minimum absolute atomic E-state index is 0.126. The molecule has 1 aliphatic carbocycles. The highest BCUT2D eigenvalue weighted by molar-refractivity contribution is 5.99. The number of carbonyl (C=O) groups excluding carboxylic acids is 2. The van der Waals surface area contributed by atoms with E-state index < -0.39 is 11.9 Å². The highest BCUT2D eigenvalue weighted by Crippen LogP contribution is 2.48. The number of anilines is 2. The summed E-state index contributed by atoms with van der Waals surface area (Å²) in [6.07, 6.45) is 8.03. The van der Waals surface area contributed by atoms with Crippen molar-refractivity contribution in [2.45, 2.75) is 57.0 Å². The molecule has 230 valence electrons. The summed E-state index contributed by atoms with van der Waals surface area (Å²) in [7, 11) is 0. The largest absolute Gasteiger partial charge is 0.371 e. The molecule has 4 fully saturated rings. The Bertz CT molecular complexity index is 1660. The molecule has 4 aliphatic rings. The lowest BCUT2D eigenvalue weighted by molar-refractivity contribution is -0.384. The lowest BCUT2D eigenvalue weighted by Gasteiger charge is -2.42. The summed E-state index contributed by atoms with van der Waals surface area (Å²) in [5, 5.41) is 18.8. The number of non-ortho nitro benzene ring substituents is 1. The number of nitrogens with zero attached hydrogens (tertiary/aromatic N) is 6. The monoisotopic (exact) mass is 599 g/mol. The minimum atomic E-state index is -0.774. The van der Waals surface area contributed by atoms with Crippen molar-refractivity contribution in [1.82, 2.24) is 20.0 Å². The summed E-state index contributed by atoms with van der Waals surface area (Å²) >= 11 is 0. The number of hydrogen-bond acceptors (Lipinski definition) is 9. The van der Waals surface area contributed by atoms with Crippen LogP contribution in [0.15, 0.2) is 53.5 Å². The van der Waals surface area contributed by atoms with Crippen molar-refractivity contribution in [3.63, 3.8) is 0 Å². The van der Waals surface area contributed by atoms with Crippen LogP contribution < -0.4 is 20.7 Å². The molecule has 2 amide bonds. The summed E-state index contributed by atoms with van der Waals surface area (Å²) in [6, 6.07) is 12.6. The maximum Gasteiger partial charge on any atom is 0.275 e. The zero-order valence-electron chi connectivity index (χ0n) is 24.7. The SMILES string of the molecule is O=C1CCC(n2ncc3ccc(N4CCC5(CCC(N6CCN(c7ccc([N+](=O)[O-])cc7)CC6)C5)CC4)cc3c2=O)C(=O)N1. The predicted octanol–water partition coefficient (Wildman–Crippen LogP) is 3.24. The number of nitro groups is 1. The van der Waals surface area contributed by atoms with Crippen LogP contribution in [0, 0.1) is 15.5 Å². The van der Waals surface area contributed by atoms with Crippen LogP contribution in [-0.4, -0.2) is 76.7 Å². The number of piperidine rings is 2. The van der Waals surface area contributed by atoms with Gasteiger partial charge in [0.2, 0.25) is 5.91 Å². The molecule has 2 aromatic carbocycles. The number of benzene rings is 2. The van der Waals surface area contributed by atoms with Crippen LogP contribution in [0.3, 0.4) is 0 Å². The summed E-state index contributed by atoms with van der Waals surface area (Å²) in [5.41, 5.74) is 2.24. The Morgan fingerprint density at radius 2 is 1.57 bits per heavy atom. The van der Waals surface area contributed by atoms with Crippen molar-refractivity contribution in [2.24, 2.45) is 5.41 Å². The van der Waals surface area contributed by atoms with Gasteiger partial charge in [-0.2, -0.15) is 5.10 Å². The van der Waals surface area contributed by atoms with E-state index in [9.17, 15) is 24.5 Å². The van der Waals surface area contributed by atoms with E-state index in [-0.39, 0.29) is 34.9 Å². The van der Waals surface area contributed by atoms with Gasteiger partial charge in [0.25, 0.3) is 17.2 Å². The average Bonchev–Trinajstić information content (AvgIpc) is 3.45. The number of nitrogens with one attached hydrogen (secondary N) is 1. The number of imide groups is 1. The fourth-order valence-corrected chi connectivity index (χ4v) is 7.79. The number of aromatic nitrogens is 2.